The van der Waals surface area contributed by atoms with Gasteiger partial charge in [-0.15, -0.1) is 0 Å². The Balaban J connectivity index is 1.09. The van der Waals surface area contributed by atoms with Crippen molar-refractivity contribution in [2.24, 2.45) is 0 Å². The van der Waals surface area contributed by atoms with Crippen molar-refractivity contribution < 1.29 is 0 Å². The van der Waals surface area contributed by atoms with Crippen LogP contribution in [0.25, 0.3) is 132 Å². The van der Waals surface area contributed by atoms with E-state index in [-0.39, 0.29) is 0 Å². The molecule has 0 fully saturated rings. The summed E-state index contributed by atoms with van der Waals surface area (Å²) in [5.41, 5.74) is 22.9. The van der Waals surface area contributed by atoms with Crippen molar-refractivity contribution in [1.29, 1.82) is 0 Å². The largest absolute Gasteiger partial charge is 0.0622 e. The Kier molecular flexibility index (Phi) is 7.11. The molecule has 11 aromatic rings. The minimum atomic E-state index is 1.22. The zero-order valence-electron chi connectivity index (χ0n) is 32.8. The average molecular weight is 757 g/mol. The average Bonchev–Trinajstić information content (AvgIpc) is 3.83. The predicted octanol–water partition coefficient (Wildman–Crippen LogP) is 16.8. The number of hydrogen-bond acceptors (Lipinski definition) is 0. The standard InChI is InChI=1S/C60H36/c1-3-14-37(15-4-1)40-20-9-22-43(34-40)56-49-24-7-8-25-50(49)57(44-23-10-21-41(35-44)38-16-5-2-6-17-38)60-53-33-32-45(47-28-13-29-52(58(47)53)59(56)60)42-30-31-46-48-26-11-18-39-19-12-27-51(55(39)48)54(46)36-42/h1-36H. The molecule has 13 rings (SSSR count). The van der Waals surface area contributed by atoms with Gasteiger partial charge in [-0.2, -0.15) is 0 Å². The van der Waals surface area contributed by atoms with E-state index in [0.717, 1.165) is 0 Å². The topological polar surface area (TPSA) is 0 Å². The predicted molar refractivity (Wildman–Crippen MR) is 255 cm³/mol. The molecule has 276 valence electrons. The van der Waals surface area contributed by atoms with Crippen LogP contribution in [0.2, 0.25) is 0 Å². The first-order chi connectivity index (χ1) is 29.8. The van der Waals surface area contributed by atoms with Crippen LogP contribution in [0.4, 0.5) is 0 Å². The minimum Gasteiger partial charge on any atom is -0.0622 e. The third kappa shape index (κ3) is 4.79. The van der Waals surface area contributed by atoms with Gasteiger partial charge in [0.15, 0.2) is 0 Å². The van der Waals surface area contributed by atoms with Crippen molar-refractivity contribution in [2.75, 3.05) is 0 Å². The van der Waals surface area contributed by atoms with Crippen LogP contribution < -0.4 is 0 Å². The van der Waals surface area contributed by atoms with Crippen LogP contribution in [0.3, 0.4) is 0 Å². The first kappa shape index (κ1) is 33.2. The van der Waals surface area contributed by atoms with Crippen LogP contribution in [0.5, 0.6) is 0 Å². The molecule has 0 atom stereocenters. The van der Waals surface area contributed by atoms with Crippen LogP contribution in [0, 0.1) is 0 Å². The smallest absolute Gasteiger partial charge is 0.000741 e. The van der Waals surface area contributed by atoms with Crippen molar-refractivity contribution in [2.45, 2.75) is 0 Å². The van der Waals surface area contributed by atoms with E-state index in [4.69, 9.17) is 0 Å². The summed E-state index contributed by atoms with van der Waals surface area (Å²) in [5, 5.41) is 7.80. The van der Waals surface area contributed by atoms with Crippen LogP contribution in [-0.2, 0) is 0 Å². The zero-order valence-corrected chi connectivity index (χ0v) is 32.8. The van der Waals surface area contributed by atoms with E-state index in [0.29, 0.717) is 0 Å². The number of fused-ring (bicyclic) bond motifs is 7. The molecule has 0 N–H and O–H groups in total. The van der Waals surface area contributed by atoms with Gasteiger partial charge < -0.3 is 0 Å². The summed E-state index contributed by atoms with van der Waals surface area (Å²) in [6.07, 6.45) is 0. The highest BCUT2D eigenvalue weighted by Crippen LogP contribution is 2.59. The molecule has 0 saturated heterocycles. The Hall–Kier alpha value is -7.80. The fraction of sp³-hybridized carbons (Fsp3) is 0. The monoisotopic (exact) mass is 756 g/mol. The molecule has 0 heterocycles. The van der Waals surface area contributed by atoms with Crippen molar-refractivity contribution in [3.05, 3.63) is 218 Å². The fourth-order valence-corrected chi connectivity index (χ4v) is 10.6. The maximum Gasteiger partial charge on any atom is -0.000741 e. The van der Waals surface area contributed by atoms with E-state index in [1.54, 1.807) is 0 Å². The van der Waals surface area contributed by atoms with Crippen molar-refractivity contribution in [3.63, 3.8) is 0 Å². The van der Waals surface area contributed by atoms with Crippen LogP contribution in [0.1, 0.15) is 0 Å². The van der Waals surface area contributed by atoms with Gasteiger partial charge in [0.25, 0.3) is 0 Å². The molecule has 0 bridgehead atoms. The Morgan fingerprint density at radius 2 is 0.633 bits per heavy atom. The van der Waals surface area contributed by atoms with Gasteiger partial charge in [-0.05, 0) is 151 Å². The summed E-state index contributed by atoms with van der Waals surface area (Å²) in [6.45, 7) is 0. The third-order valence-electron chi connectivity index (χ3n) is 13.1. The number of rotatable bonds is 5. The molecule has 0 aromatic heterocycles. The molecule has 0 unspecified atom stereocenters. The molecule has 0 saturated carbocycles. The third-order valence-corrected chi connectivity index (χ3v) is 13.1. The van der Waals surface area contributed by atoms with E-state index in [9.17, 15) is 0 Å². The summed E-state index contributed by atoms with van der Waals surface area (Å²) in [5.74, 6) is 0. The van der Waals surface area contributed by atoms with Gasteiger partial charge in [0.05, 0.1) is 0 Å². The van der Waals surface area contributed by atoms with Gasteiger partial charge in [0.1, 0.15) is 0 Å². The molecule has 0 aliphatic heterocycles. The summed E-state index contributed by atoms with van der Waals surface area (Å²) in [6, 6.07) is 81.3. The Labute approximate surface area is 349 Å². The van der Waals surface area contributed by atoms with Gasteiger partial charge in [0.2, 0.25) is 0 Å². The highest BCUT2D eigenvalue weighted by molar-refractivity contribution is 6.29. The summed E-state index contributed by atoms with van der Waals surface area (Å²) in [7, 11) is 0. The van der Waals surface area contributed by atoms with E-state index in [1.807, 2.05) is 0 Å². The molecule has 60 heavy (non-hydrogen) atoms. The maximum atomic E-state index is 2.44. The van der Waals surface area contributed by atoms with Gasteiger partial charge >= 0.3 is 0 Å². The highest BCUT2D eigenvalue weighted by Gasteiger charge is 2.32. The molecule has 11 aromatic carbocycles. The summed E-state index contributed by atoms with van der Waals surface area (Å²) < 4.78 is 0. The molecule has 0 radical (unpaired) electrons. The second-order valence-corrected chi connectivity index (χ2v) is 16.3. The second kappa shape index (κ2) is 12.9. The normalized spacial score (nSPS) is 12.0. The number of hydrogen-bond donors (Lipinski definition) is 0. The van der Waals surface area contributed by atoms with Crippen LogP contribution >= 0.6 is 0 Å². The van der Waals surface area contributed by atoms with Gasteiger partial charge in [-0.1, -0.05) is 200 Å². The van der Waals surface area contributed by atoms with E-state index in [2.05, 4.69) is 218 Å². The Bertz CT molecular complexity index is 3430. The SMILES string of the molecule is c1ccc(-c2cccc(-c3c4c(c(-c5cccc(-c6ccccc6)c5)c5ccccc35)-c3ccc(-c5ccc6c(c5)-c5cccc7cccc-6c57)c5cccc-4c35)c2)cc1. The number of benzene rings is 11. The second-order valence-electron chi connectivity index (χ2n) is 16.3. The van der Waals surface area contributed by atoms with E-state index in [1.165, 1.54) is 132 Å². The van der Waals surface area contributed by atoms with Crippen molar-refractivity contribution in [1.82, 2.24) is 0 Å². The molecule has 0 heteroatoms. The van der Waals surface area contributed by atoms with Crippen LogP contribution in [-0.4, -0.2) is 0 Å². The van der Waals surface area contributed by atoms with Crippen molar-refractivity contribution in [3.8, 4) is 100 Å². The van der Waals surface area contributed by atoms with Gasteiger partial charge in [-0.3, -0.25) is 0 Å². The molecule has 0 nitrogen and oxygen atoms in total. The minimum absolute atomic E-state index is 1.22. The first-order valence-corrected chi connectivity index (χ1v) is 20.9. The lowest BCUT2D eigenvalue weighted by molar-refractivity contribution is 1.59. The van der Waals surface area contributed by atoms with Gasteiger partial charge in [-0.25, -0.2) is 0 Å². The highest BCUT2D eigenvalue weighted by atomic mass is 14.3. The van der Waals surface area contributed by atoms with E-state index < -0.39 is 0 Å². The van der Waals surface area contributed by atoms with E-state index >= 15 is 0 Å². The lowest BCUT2D eigenvalue weighted by Gasteiger charge is -2.21. The van der Waals surface area contributed by atoms with Crippen molar-refractivity contribution >= 4 is 32.3 Å². The molecule has 2 aliphatic rings. The fourth-order valence-electron chi connectivity index (χ4n) is 10.6. The molecule has 0 spiro atoms. The maximum absolute atomic E-state index is 2.44. The first-order valence-electron chi connectivity index (χ1n) is 20.9. The molecule has 0 amide bonds. The summed E-state index contributed by atoms with van der Waals surface area (Å²) in [4.78, 5) is 0. The quantitative estimate of drug-likeness (QED) is 0.164. The van der Waals surface area contributed by atoms with Crippen LogP contribution in [0.15, 0.2) is 218 Å². The molecule has 2 aliphatic carbocycles. The Morgan fingerprint density at radius 3 is 1.27 bits per heavy atom. The lowest BCUT2D eigenvalue weighted by Crippen LogP contribution is -1.94. The molecular formula is C60H36. The lowest BCUT2D eigenvalue weighted by atomic mass is 9.82. The van der Waals surface area contributed by atoms with Gasteiger partial charge in [0, 0.05) is 0 Å². The zero-order chi connectivity index (χ0) is 39.3. The molecular weight excluding hydrogens is 721 g/mol. The Morgan fingerprint density at radius 1 is 0.183 bits per heavy atom. The summed E-state index contributed by atoms with van der Waals surface area (Å²) >= 11 is 0.